The molecule has 0 fully saturated rings. The molecule has 0 spiro atoms. The van der Waals surface area contributed by atoms with Gasteiger partial charge in [0.05, 0.1) is 15.7 Å². The molecule has 130 valence electrons. The van der Waals surface area contributed by atoms with Crippen LogP contribution < -0.4 is 10.2 Å². The molecule has 0 saturated heterocycles. The first-order valence-corrected chi connectivity index (χ1v) is 7.79. The van der Waals surface area contributed by atoms with E-state index in [-0.39, 0.29) is 17.3 Å². The van der Waals surface area contributed by atoms with E-state index in [0.29, 0.717) is 22.0 Å². The van der Waals surface area contributed by atoms with Gasteiger partial charge in [-0.2, -0.15) is 5.10 Å². The second-order valence-electron chi connectivity index (χ2n) is 4.87. The molecule has 0 unspecified atom stereocenters. The highest BCUT2D eigenvalue weighted by molar-refractivity contribution is 6.32. The lowest BCUT2D eigenvalue weighted by Crippen LogP contribution is -2.25. The van der Waals surface area contributed by atoms with Gasteiger partial charge in [0.25, 0.3) is 11.6 Å². The minimum Gasteiger partial charge on any atom is -0.482 e. The van der Waals surface area contributed by atoms with Gasteiger partial charge < -0.3 is 4.74 Å². The number of halogens is 2. The Morgan fingerprint density at radius 2 is 1.96 bits per heavy atom. The zero-order valence-corrected chi connectivity index (χ0v) is 14.5. The largest absolute Gasteiger partial charge is 0.482 e. The van der Waals surface area contributed by atoms with E-state index >= 15 is 0 Å². The highest BCUT2D eigenvalue weighted by Crippen LogP contribution is 2.25. The van der Waals surface area contributed by atoms with Crippen LogP contribution in [0.4, 0.5) is 5.69 Å². The zero-order chi connectivity index (χ0) is 18.4. The molecule has 0 saturated carbocycles. The molecule has 0 radical (unpaired) electrons. The Hall–Kier alpha value is -2.64. The molecule has 0 aromatic heterocycles. The van der Waals surface area contributed by atoms with Crippen molar-refractivity contribution in [3.05, 3.63) is 68.2 Å². The number of rotatable bonds is 6. The van der Waals surface area contributed by atoms with Crippen molar-refractivity contribution in [2.75, 3.05) is 6.61 Å². The first kappa shape index (κ1) is 18.7. The fourth-order valence-electron chi connectivity index (χ4n) is 1.83. The van der Waals surface area contributed by atoms with Crippen molar-refractivity contribution in [3.63, 3.8) is 0 Å². The number of para-hydroxylation sites is 1. The van der Waals surface area contributed by atoms with E-state index < -0.39 is 10.8 Å². The van der Waals surface area contributed by atoms with Crippen LogP contribution in [0.2, 0.25) is 10.0 Å². The Balaban J connectivity index is 1.99. The van der Waals surface area contributed by atoms with Gasteiger partial charge in [-0.15, -0.1) is 0 Å². The lowest BCUT2D eigenvalue weighted by Gasteiger charge is -2.07. The summed E-state index contributed by atoms with van der Waals surface area (Å²) in [4.78, 5) is 22.1. The number of carbonyl (C=O) groups excluding carboxylic acids is 1. The number of benzene rings is 2. The third-order valence-electron chi connectivity index (χ3n) is 3.10. The molecule has 0 aliphatic carbocycles. The summed E-state index contributed by atoms with van der Waals surface area (Å²) in [6.45, 7) is 1.32. The topological polar surface area (TPSA) is 93.8 Å². The van der Waals surface area contributed by atoms with E-state index in [0.717, 1.165) is 0 Å². The molecule has 0 aliphatic heterocycles. The van der Waals surface area contributed by atoms with Crippen molar-refractivity contribution in [2.24, 2.45) is 5.10 Å². The van der Waals surface area contributed by atoms with E-state index in [2.05, 4.69) is 10.5 Å². The SMILES string of the molecule is C/C(=N/NC(=O)COc1ccccc1Cl)c1ccc(Cl)c([N+](=O)[O-])c1. The third-order valence-corrected chi connectivity index (χ3v) is 3.74. The van der Waals surface area contributed by atoms with Gasteiger partial charge in [-0.1, -0.05) is 41.4 Å². The normalized spacial score (nSPS) is 11.1. The highest BCUT2D eigenvalue weighted by atomic mass is 35.5. The lowest BCUT2D eigenvalue weighted by atomic mass is 10.1. The molecule has 2 aromatic rings. The van der Waals surface area contributed by atoms with Crippen molar-refractivity contribution >= 4 is 40.5 Å². The maximum absolute atomic E-state index is 11.8. The average molecular weight is 382 g/mol. The van der Waals surface area contributed by atoms with Crippen molar-refractivity contribution in [2.45, 2.75) is 6.92 Å². The van der Waals surface area contributed by atoms with Gasteiger partial charge in [-0.25, -0.2) is 5.43 Å². The molecule has 2 aromatic carbocycles. The number of nitro groups is 1. The van der Waals surface area contributed by atoms with Crippen LogP contribution in [0.3, 0.4) is 0 Å². The molecule has 7 nitrogen and oxygen atoms in total. The van der Waals surface area contributed by atoms with E-state index in [1.807, 2.05) is 0 Å². The predicted molar refractivity (Wildman–Crippen MR) is 95.4 cm³/mol. The predicted octanol–water partition coefficient (Wildman–Crippen LogP) is 3.82. The average Bonchev–Trinajstić information content (AvgIpc) is 2.59. The summed E-state index contributed by atoms with van der Waals surface area (Å²) in [5.74, 6) is -0.115. The van der Waals surface area contributed by atoms with Crippen LogP contribution >= 0.6 is 23.2 Å². The van der Waals surface area contributed by atoms with Gasteiger partial charge in [-0.05, 0) is 25.1 Å². The quantitative estimate of drug-likeness (QED) is 0.467. The lowest BCUT2D eigenvalue weighted by molar-refractivity contribution is -0.384. The summed E-state index contributed by atoms with van der Waals surface area (Å²) in [6, 6.07) is 11.0. The van der Waals surface area contributed by atoms with Crippen molar-refractivity contribution in [3.8, 4) is 5.75 Å². The Morgan fingerprint density at radius 3 is 2.64 bits per heavy atom. The second kappa shape index (κ2) is 8.46. The van der Waals surface area contributed by atoms with E-state index in [4.69, 9.17) is 27.9 Å². The number of nitrogens with one attached hydrogen (secondary N) is 1. The number of hydrazone groups is 1. The number of ether oxygens (including phenoxy) is 1. The molecular formula is C16H13Cl2N3O4. The maximum Gasteiger partial charge on any atom is 0.288 e. The molecule has 2 rings (SSSR count). The fourth-order valence-corrected chi connectivity index (χ4v) is 2.20. The fraction of sp³-hybridized carbons (Fsp3) is 0.125. The number of carbonyl (C=O) groups is 1. The van der Waals surface area contributed by atoms with E-state index in [1.54, 1.807) is 37.3 Å². The minimum absolute atomic E-state index is 0.0266. The number of nitrogens with zero attached hydrogens (tertiary/aromatic N) is 2. The summed E-state index contributed by atoms with van der Waals surface area (Å²) in [6.07, 6.45) is 0. The van der Waals surface area contributed by atoms with Gasteiger partial charge in [-0.3, -0.25) is 14.9 Å². The highest BCUT2D eigenvalue weighted by Gasteiger charge is 2.14. The molecule has 1 N–H and O–H groups in total. The van der Waals surface area contributed by atoms with Crippen molar-refractivity contribution in [1.82, 2.24) is 5.43 Å². The van der Waals surface area contributed by atoms with E-state index in [9.17, 15) is 14.9 Å². The molecule has 0 bridgehead atoms. The molecule has 0 aliphatic rings. The van der Waals surface area contributed by atoms with Crippen LogP contribution in [-0.4, -0.2) is 23.1 Å². The minimum atomic E-state index is -0.588. The van der Waals surface area contributed by atoms with E-state index in [1.165, 1.54) is 12.1 Å². The molecular weight excluding hydrogens is 369 g/mol. The maximum atomic E-state index is 11.8. The number of hydrogen-bond acceptors (Lipinski definition) is 5. The van der Waals surface area contributed by atoms with Crippen LogP contribution in [0, 0.1) is 10.1 Å². The molecule has 0 atom stereocenters. The van der Waals surface area contributed by atoms with Crippen LogP contribution in [-0.2, 0) is 4.79 Å². The van der Waals surface area contributed by atoms with Crippen molar-refractivity contribution < 1.29 is 14.5 Å². The summed E-state index contributed by atoms with van der Waals surface area (Å²) < 4.78 is 5.28. The Kier molecular flexibility index (Phi) is 6.32. The summed E-state index contributed by atoms with van der Waals surface area (Å²) in [5.41, 5.74) is 2.92. The first-order valence-electron chi connectivity index (χ1n) is 7.03. The van der Waals surface area contributed by atoms with Gasteiger partial charge in [0, 0.05) is 11.6 Å². The third kappa shape index (κ3) is 5.17. The monoisotopic (exact) mass is 381 g/mol. The van der Waals surface area contributed by atoms with Gasteiger partial charge >= 0.3 is 0 Å². The van der Waals surface area contributed by atoms with Crippen LogP contribution in [0.15, 0.2) is 47.6 Å². The Morgan fingerprint density at radius 1 is 1.24 bits per heavy atom. The molecule has 9 heteroatoms. The number of hydrogen-bond donors (Lipinski definition) is 1. The summed E-state index contributed by atoms with van der Waals surface area (Å²) in [7, 11) is 0. The second-order valence-corrected chi connectivity index (χ2v) is 5.69. The molecule has 25 heavy (non-hydrogen) atoms. The van der Waals surface area contributed by atoms with Crippen LogP contribution in [0.25, 0.3) is 0 Å². The van der Waals surface area contributed by atoms with Crippen molar-refractivity contribution in [1.29, 1.82) is 0 Å². The van der Waals surface area contributed by atoms with Gasteiger partial charge in [0.2, 0.25) is 0 Å². The summed E-state index contributed by atoms with van der Waals surface area (Å²) in [5, 5.41) is 15.2. The Labute approximate surface area is 153 Å². The number of nitro benzene ring substituents is 1. The Bertz CT molecular complexity index is 840. The summed E-state index contributed by atoms with van der Waals surface area (Å²) >= 11 is 11.7. The zero-order valence-electron chi connectivity index (χ0n) is 13.0. The van der Waals surface area contributed by atoms with Gasteiger partial charge in [0.1, 0.15) is 10.8 Å². The van der Waals surface area contributed by atoms with Gasteiger partial charge in [0.15, 0.2) is 6.61 Å². The van der Waals surface area contributed by atoms with Crippen LogP contribution in [0.5, 0.6) is 5.75 Å². The smallest absolute Gasteiger partial charge is 0.288 e. The first-order chi connectivity index (χ1) is 11.9. The molecule has 1 amide bonds. The number of amides is 1. The molecule has 0 heterocycles. The standard InChI is InChI=1S/C16H13Cl2N3O4/c1-10(11-6-7-12(17)14(8-11)21(23)24)19-20-16(22)9-25-15-5-3-2-4-13(15)18/h2-8H,9H2,1H3,(H,20,22)/b19-10-. The van der Waals surface area contributed by atoms with Crippen LogP contribution in [0.1, 0.15) is 12.5 Å².